The summed E-state index contributed by atoms with van der Waals surface area (Å²) in [6.45, 7) is 1.85. The van der Waals surface area contributed by atoms with Crippen LogP contribution in [0.3, 0.4) is 0 Å². The Labute approximate surface area is 167 Å². The number of para-hydroxylation sites is 1. The van der Waals surface area contributed by atoms with Crippen LogP contribution in [0.15, 0.2) is 53.1 Å². The highest BCUT2D eigenvalue weighted by atomic mass is 16.5. The molecule has 1 N–H and O–H groups in total. The molecule has 148 valence electrons. The third-order valence-electron chi connectivity index (χ3n) is 4.54. The molecule has 0 spiro atoms. The monoisotopic (exact) mass is 392 g/mol. The molecular formula is C21H20N4O4. The van der Waals surface area contributed by atoms with E-state index >= 15 is 0 Å². The summed E-state index contributed by atoms with van der Waals surface area (Å²) in [6, 6.07) is 13.0. The highest BCUT2D eigenvalue weighted by Gasteiger charge is 2.17. The molecule has 8 nitrogen and oxygen atoms in total. The van der Waals surface area contributed by atoms with Crippen molar-refractivity contribution < 1.29 is 18.7 Å². The maximum Gasteiger partial charge on any atom is 0.249 e. The number of hydrogen-bond acceptors (Lipinski definition) is 6. The first-order valence-corrected chi connectivity index (χ1v) is 8.99. The van der Waals surface area contributed by atoms with Crippen LogP contribution in [-0.4, -0.2) is 34.9 Å². The van der Waals surface area contributed by atoms with E-state index in [0.717, 1.165) is 16.5 Å². The molecule has 4 rings (SSSR count). The lowest BCUT2D eigenvalue weighted by molar-refractivity contribution is -0.116. The lowest BCUT2D eigenvalue weighted by atomic mass is 10.2. The van der Waals surface area contributed by atoms with Gasteiger partial charge in [-0.3, -0.25) is 4.79 Å². The van der Waals surface area contributed by atoms with E-state index in [2.05, 4.69) is 15.5 Å². The molecule has 29 heavy (non-hydrogen) atoms. The van der Waals surface area contributed by atoms with Crippen molar-refractivity contribution in [2.45, 2.75) is 13.5 Å². The molecule has 4 aromatic rings. The smallest absolute Gasteiger partial charge is 0.249 e. The fraction of sp³-hybridized carbons (Fsp3) is 0.190. The first-order valence-electron chi connectivity index (χ1n) is 8.99. The van der Waals surface area contributed by atoms with E-state index in [-0.39, 0.29) is 12.5 Å². The highest BCUT2D eigenvalue weighted by Crippen LogP contribution is 2.31. The van der Waals surface area contributed by atoms with Crippen molar-refractivity contribution in [2.24, 2.45) is 0 Å². The first-order chi connectivity index (χ1) is 14.1. The van der Waals surface area contributed by atoms with Gasteiger partial charge in [-0.2, -0.15) is 0 Å². The summed E-state index contributed by atoms with van der Waals surface area (Å²) < 4.78 is 18.0. The summed E-state index contributed by atoms with van der Waals surface area (Å²) in [7, 11) is 3.12. The van der Waals surface area contributed by atoms with Gasteiger partial charge in [-0.1, -0.05) is 18.2 Å². The predicted molar refractivity (Wildman–Crippen MR) is 108 cm³/mol. The van der Waals surface area contributed by atoms with Crippen molar-refractivity contribution in [3.8, 4) is 23.0 Å². The number of amides is 1. The number of anilines is 1. The van der Waals surface area contributed by atoms with E-state index in [1.165, 1.54) is 0 Å². The molecule has 2 heterocycles. The van der Waals surface area contributed by atoms with E-state index < -0.39 is 0 Å². The molecule has 2 aromatic heterocycles. The third-order valence-corrected chi connectivity index (χ3v) is 4.54. The molecule has 8 heteroatoms. The Balaban J connectivity index is 1.64. The quantitative estimate of drug-likeness (QED) is 0.538. The van der Waals surface area contributed by atoms with E-state index in [1.807, 2.05) is 35.0 Å². The predicted octanol–water partition coefficient (Wildman–Crippen LogP) is 3.66. The van der Waals surface area contributed by atoms with Crippen LogP contribution in [-0.2, 0) is 11.3 Å². The number of methoxy groups -OCH3 is 2. The summed E-state index contributed by atoms with van der Waals surface area (Å²) in [4.78, 5) is 12.8. The number of aryl methyl sites for hydroxylation is 1. The van der Waals surface area contributed by atoms with Crippen molar-refractivity contribution in [1.82, 2.24) is 14.8 Å². The molecule has 0 aliphatic heterocycles. The van der Waals surface area contributed by atoms with Gasteiger partial charge in [0, 0.05) is 30.1 Å². The van der Waals surface area contributed by atoms with E-state index in [9.17, 15) is 4.79 Å². The summed E-state index contributed by atoms with van der Waals surface area (Å²) in [5, 5.41) is 11.8. The molecule has 2 aromatic carbocycles. The van der Waals surface area contributed by atoms with E-state index in [4.69, 9.17) is 13.9 Å². The van der Waals surface area contributed by atoms with E-state index in [0.29, 0.717) is 29.0 Å². The van der Waals surface area contributed by atoms with Crippen LogP contribution in [0.2, 0.25) is 0 Å². The second kappa shape index (κ2) is 7.67. The molecule has 0 aliphatic rings. The number of carbonyl (C=O) groups excluding carboxylic acids is 1. The summed E-state index contributed by atoms with van der Waals surface area (Å²) in [5.41, 5.74) is 2.22. The molecule has 0 saturated carbocycles. The topological polar surface area (TPSA) is 91.4 Å². The van der Waals surface area contributed by atoms with Crippen molar-refractivity contribution >= 4 is 22.5 Å². The SMILES string of the molecule is COc1ccc(OC)c(NC(=O)Cn2cc(-c3nnc(C)o3)c3ccccc32)c1. The second-order valence-electron chi connectivity index (χ2n) is 6.43. The molecule has 0 aliphatic carbocycles. The fourth-order valence-electron chi connectivity index (χ4n) is 3.21. The van der Waals surface area contributed by atoms with Gasteiger partial charge in [-0.05, 0) is 18.2 Å². The Morgan fingerprint density at radius 3 is 2.69 bits per heavy atom. The number of carbonyl (C=O) groups is 1. The molecular weight excluding hydrogens is 372 g/mol. The average Bonchev–Trinajstić information content (AvgIpc) is 3.31. The first kappa shape index (κ1) is 18.5. The summed E-state index contributed by atoms with van der Waals surface area (Å²) in [6.07, 6.45) is 1.85. The summed E-state index contributed by atoms with van der Waals surface area (Å²) in [5.74, 6) is 1.89. The van der Waals surface area contributed by atoms with Gasteiger partial charge < -0.3 is 23.8 Å². The molecule has 0 bridgehead atoms. The van der Waals surface area contributed by atoms with Crippen LogP contribution >= 0.6 is 0 Å². The minimum Gasteiger partial charge on any atom is -0.497 e. The average molecular weight is 392 g/mol. The Kier molecular flexibility index (Phi) is 4.90. The minimum atomic E-state index is -0.203. The van der Waals surface area contributed by atoms with Gasteiger partial charge in [0.15, 0.2) is 0 Å². The van der Waals surface area contributed by atoms with Gasteiger partial charge in [0.25, 0.3) is 0 Å². The maximum absolute atomic E-state index is 12.8. The standard InChI is InChI=1S/C21H20N4O4/c1-13-23-24-21(29-13)16-11-25(18-7-5-4-6-15(16)18)12-20(26)22-17-10-14(27-2)8-9-19(17)28-3/h4-11H,12H2,1-3H3,(H,22,26). The number of aromatic nitrogens is 3. The van der Waals surface area contributed by atoms with Gasteiger partial charge in [0.05, 0.1) is 25.5 Å². The zero-order chi connectivity index (χ0) is 20.4. The lowest BCUT2D eigenvalue weighted by Crippen LogP contribution is -2.18. The zero-order valence-corrected chi connectivity index (χ0v) is 16.3. The Morgan fingerprint density at radius 2 is 1.97 bits per heavy atom. The van der Waals surface area contributed by atoms with Crippen molar-refractivity contribution in [2.75, 3.05) is 19.5 Å². The van der Waals surface area contributed by atoms with Gasteiger partial charge in [0.2, 0.25) is 17.7 Å². The van der Waals surface area contributed by atoms with Gasteiger partial charge in [-0.15, -0.1) is 10.2 Å². The van der Waals surface area contributed by atoms with Crippen molar-refractivity contribution in [3.05, 3.63) is 54.6 Å². The van der Waals surface area contributed by atoms with Crippen LogP contribution in [0.25, 0.3) is 22.4 Å². The van der Waals surface area contributed by atoms with Crippen LogP contribution < -0.4 is 14.8 Å². The van der Waals surface area contributed by atoms with E-state index in [1.54, 1.807) is 39.3 Å². The maximum atomic E-state index is 12.8. The number of hydrogen-bond donors (Lipinski definition) is 1. The second-order valence-corrected chi connectivity index (χ2v) is 6.43. The molecule has 0 fully saturated rings. The Morgan fingerprint density at radius 1 is 1.14 bits per heavy atom. The number of fused-ring (bicyclic) bond motifs is 1. The molecule has 0 saturated heterocycles. The number of rotatable bonds is 6. The minimum absolute atomic E-state index is 0.105. The van der Waals surface area contributed by atoms with Crippen molar-refractivity contribution in [1.29, 1.82) is 0 Å². The zero-order valence-electron chi connectivity index (χ0n) is 16.3. The van der Waals surface area contributed by atoms with Gasteiger partial charge in [-0.25, -0.2) is 0 Å². The van der Waals surface area contributed by atoms with Gasteiger partial charge in [0.1, 0.15) is 18.0 Å². The Bertz CT molecular complexity index is 1180. The van der Waals surface area contributed by atoms with Crippen LogP contribution in [0.4, 0.5) is 5.69 Å². The largest absolute Gasteiger partial charge is 0.497 e. The number of benzene rings is 2. The number of nitrogens with one attached hydrogen (secondary N) is 1. The molecule has 0 unspecified atom stereocenters. The van der Waals surface area contributed by atoms with Crippen molar-refractivity contribution in [3.63, 3.8) is 0 Å². The van der Waals surface area contributed by atoms with Crippen LogP contribution in [0.1, 0.15) is 5.89 Å². The highest BCUT2D eigenvalue weighted by molar-refractivity contribution is 5.97. The van der Waals surface area contributed by atoms with Crippen LogP contribution in [0.5, 0.6) is 11.5 Å². The normalized spacial score (nSPS) is 10.9. The van der Waals surface area contributed by atoms with Crippen LogP contribution in [0, 0.1) is 6.92 Å². The lowest BCUT2D eigenvalue weighted by Gasteiger charge is -2.12. The Hall–Kier alpha value is -3.81. The molecule has 1 amide bonds. The summed E-state index contributed by atoms with van der Waals surface area (Å²) >= 11 is 0. The number of ether oxygens (including phenoxy) is 2. The molecule has 0 atom stereocenters. The van der Waals surface area contributed by atoms with Gasteiger partial charge >= 0.3 is 0 Å². The molecule has 0 radical (unpaired) electrons. The third kappa shape index (κ3) is 3.64. The fourth-order valence-corrected chi connectivity index (χ4v) is 3.21. The number of nitrogens with zero attached hydrogens (tertiary/aromatic N) is 3.